The molecular weight excluding hydrogens is 310 g/mol. The van der Waals surface area contributed by atoms with Crippen LogP contribution >= 0.6 is 0 Å². The highest BCUT2D eigenvalue weighted by Crippen LogP contribution is 2.09. The number of rotatable bonds is 7. The molecule has 5 heteroatoms. The summed E-state index contributed by atoms with van der Waals surface area (Å²) in [4.78, 5) is 9.17. The molecule has 0 saturated heterocycles. The molecule has 5 nitrogen and oxygen atoms in total. The number of aromatic nitrogens is 1. The Morgan fingerprint density at radius 3 is 2.48 bits per heavy atom. The molecule has 2 aromatic rings. The highest BCUT2D eigenvalue weighted by molar-refractivity contribution is 5.79. The summed E-state index contributed by atoms with van der Waals surface area (Å²) in [6.07, 6.45) is 2.07. The van der Waals surface area contributed by atoms with Crippen LogP contribution in [-0.4, -0.2) is 48.0 Å². The second kappa shape index (κ2) is 9.28. The summed E-state index contributed by atoms with van der Waals surface area (Å²) in [6.45, 7) is 5.42. The molecule has 0 radical (unpaired) electrons. The molecule has 0 atom stereocenters. The topological polar surface area (TPSA) is 35.8 Å². The molecule has 0 saturated carbocycles. The largest absolute Gasteiger partial charge is 0.357 e. The molecule has 1 aromatic heterocycles. The predicted molar refractivity (Wildman–Crippen MR) is 106 cm³/mol. The maximum Gasteiger partial charge on any atom is 0.194 e. The zero-order valence-corrected chi connectivity index (χ0v) is 16.2. The molecule has 0 aliphatic heterocycles. The van der Waals surface area contributed by atoms with E-state index in [0.29, 0.717) is 6.54 Å². The van der Waals surface area contributed by atoms with Crippen LogP contribution in [0, 0.1) is 0 Å². The van der Waals surface area contributed by atoms with Crippen LogP contribution < -0.4 is 5.32 Å². The van der Waals surface area contributed by atoms with Crippen LogP contribution in [0.2, 0.25) is 0 Å². The quantitative estimate of drug-likeness (QED) is 0.621. The molecule has 2 rings (SSSR count). The molecule has 0 unspecified atom stereocenters. The fourth-order valence-electron chi connectivity index (χ4n) is 2.81. The minimum Gasteiger partial charge on any atom is -0.357 e. The Hall–Kier alpha value is -2.27. The number of guanidine groups is 1. The van der Waals surface area contributed by atoms with Crippen LogP contribution in [0.1, 0.15) is 23.7 Å². The van der Waals surface area contributed by atoms with Crippen molar-refractivity contribution < 1.29 is 0 Å². The van der Waals surface area contributed by atoms with Crippen molar-refractivity contribution in [1.29, 1.82) is 0 Å². The van der Waals surface area contributed by atoms with Gasteiger partial charge in [-0.2, -0.15) is 0 Å². The lowest BCUT2D eigenvalue weighted by Gasteiger charge is -2.22. The van der Waals surface area contributed by atoms with Crippen molar-refractivity contribution in [1.82, 2.24) is 19.7 Å². The lowest BCUT2D eigenvalue weighted by Crippen LogP contribution is -2.38. The van der Waals surface area contributed by atoms with Crippen molar-refractivity contribution in [3.63, 3.8) is 0 Å². The predicted octanol–water partition coefficient (Wildman–Crippen LogP) is 2.68. The van der Waals surface area contributed by atoms with Crippen molar-refractivity contribution in [2.75, 3.05) is 27.7 Å². The van der Waals surface area contributed by atoms with E-state index in [-0.39, 0.29) is 0 Å². The molecule has 136 valence electrons. The van der Waals surface area contributed by atoms with Gasteiger partial charge < -0.3 is 19.7 Å². The van der Waals surface area contributed by atoms with E-state index in [4.69, 9.17) is 4.99 Å². The minimum atomic E-state index is 0.682. The number of benzene rings is 1. The maximum atomic E-state index is 4.82. The van der Waals surface area contributed by atoms with Gasteiger partial charge in [0, 0.05) is 39.1 Å². The van der Waals surface area contributed by atoms with E-state index >= 15 is 0 Å². The van der Waals surface area contributed by atoms with Gasteiger partial charge in [0.05, 0.1) is 13.1 Å². The summed E-state index contributed by atoms with van der Waals surface area (Å²) in [5, 5.41) is 3.39. The average Bonchev–Trinajstić information content (AvgIpc) is 2.96. The van der Waals surface area contributed by atoms with E-state index in [1.54, 1.807) is 0 Å². The average molecular weight is 342 g/mol. The molecule has 25 heavy (non-hydrogen) atoms. The van der Waals surface area contributed by atoms with Gasteiger partial charge in [-0.3, -0.25) is 0 Å². The first-order chi connectivity index (χ1) is 12.0. The molecule has 1 aromatic carbocycles. The molecule has 0 spiro atoms. The molecule has 1 heterocycles. The smallest absolute Gasteiger partial charge is 0.194 e. The zero-order chi connectivity index (χ0) is 18.2. The number of hydrogen-bond acceptors (Lipinski definition) is 2. The third kappa shape index (κ3) is 5.94. The third-order valence-electron chi connectivity index (χ3n) is 4.05. The molecule has 0 fully saturated rings. The second-order valence-corrected chi connectivity index (χ2v) is 6.69. The normalized spacial score (nSPS) is 11.8. The maximum absolute atomic E-state index is 4.82. The number of nitrogens with zero attached hydrogens (tertiary/aromatic N) is 4. The van der Waals surface area contributed by atoms with E-state index in [1.807, 2.05) is 0 Å². The summed E-state index contributed by atoms with van der Waals surface area (Å²) >= 11 is 0. The lowest BCUT2D eigenvalue weighted by atomic mass is 10.1. The van der Waals surface area contributed by atoms with Crippen LogP contribution in [0.25, 0.3) is 0 Å². The Balaban J connectivity index is 2.07. The number of aryl methyl sites for hydroxylation is 1. The van der Waals surface area contributed by atoms with Gasteiger partial charge in [0.25, 0.3) is 0 Å². The Kier molecular flexibility index (Phi) is 7.07. The molecule has 1 N–H and O–H groups in total. The molecule has 0 amide bonds. The van der Waals surface area contributed by atoms with Crippen LogP contribution in [0.4, 0.5) is 0 Å². The first-order valence-corrected chi connectivity index (χ1v) is 8.81. The monoisotopic (exact) mass is 341 g/mol. The van der Waals surface area contributed by atoms with Crippen LogP contribution in [0.5, 0.6) is 0 Å². The summed E-state index contributed by atoms with van der Waals surface area (Å²) < 4.78 is 2.14. The standard InChI is InChI=1S/C20H31N5/c1-6-21-20(25(5)16-19-11-8-12-24(19)4)22-14-17-9-7-10-18(13-17)15-23(2)3/h7-13H,6,14-16H2,1-5H3,(H,21,22). The van der Waals surface area contributed by atoms with Crippen LogP contribution in [-0.2, 0) is 26.7 Å². The zero-order valence-electron chi connectivity index (χ0n) is 16.2. The first-order valence-electron chi connectivity index (χ1n) is 8.81. The Bertz CT molecular complexity index is 687. The van der Waals surface area contributed by atoms with E-state index in [0.717, 1.165) is 25.6 Å². The second-order valence-electron chi connectivity index (χ2n) is 6.69. The van der Waals surface area contributed by atoms with Gasteiger partial charge in [0.1, 0.15) is 0 Å². The van der Waals surface area contributed by atoms with Crippen LogP contribution in [0.15, 0.2) is 47.6 Å². The van der Waals surface area contributed by atoms with E-state index in [2.05, 4.69) is 97.4 Å². The van der Waals surface area contributed by atoms with Gasteiger partial charge in [0.15, 0.2) is 5.96 Å². The van der Waals surface area contributed by atoms with E-state index in [9.17, 15) is 0 Å². The van der Waals surface area contributed by atoms with Crippen molar-refractivity contribution in [3.05, 3.63) is 59.4 Å². The summed E-state index contributed by atoms with van der Waals surface area (Å²) in [5.41, 5.74) is 3.82. The highest BCUT2D eigenvalue weighted by Gasteiger charge is 2.08. The van der Waals surface area contributed by atoms with Gasteiger partial charge in [-0.25, -0.2) is 4.99 Å². The van der Waals surface area contributed by atoms with Crippen LogP contribution in [0.3, 0.4) is 0 Å². The lowest BCUT2D eigenvalue weighted by molar-refractivity contribution is 0.402. The highest BCUT2D eigenvalue weighted by atomic mass is 15.3. The van der Waals surface area contributed by atoms with Gasteiger partial charge >= 0.3 is 0 Å². The Morgan fingerprint density at radius 1 is 1.08 bits per heavy atom. The molecular formula is C20H31N5. The number of hydrogen-bond donors (Lipinski definition) is 1. The van der Waals surface area contributed by atoms with Crippen molar-refractivity contribution in [2.45, 2.75) is 26.6 Å². The SMILES string of the molecule is CCNC(=NCc1cccc(CN(C)C)c1)N(C)Cc1cccn1C. The number of nitrogens with one attached hydrogen (secondary N) is 1. The first kappa shape index (κ1) is 19.1. The van der Waals surface area contributed by atoms with Crippen molar-refractivity contribution in [3.8, 4) is 0 Å². The van der Waals surface area contributed by atoms with E-state index < -0.39 is 0 Å². The van der Waals surface area contributed by atoms with Crippen molar-refractivity contribution >= 4 is 5.96 Å². The molecule has 0 aliphatic carbocycles. The van der Waals surface area contributed by atoms with Gasteiger partial charge in [-0.15, -0.1) is 0 Å². The molecule has 0 bridgehead atoms. The third-order valence-corrected chi connectivity index (χ3v) is 4.05. The Labute approximate surface area is 152 Å². The fraction of sp³-hybridized carbons (Fsp3) is 0.450. The van der Waals surface area contributed by atoms with Gasteiger partial charge in [0.2, 0.25) is 0 Å². The summed E-state index contributed by atoms with van der Waals surface area (Å²) in [6, 6.07) is 12.9. The van der Waals surface area contributed by atoms with E-state index in [1.165, 1.54) is 16.8 Å². The summed E-state index contributed by atoms with van der Waals surface area (Å²) in [5.74, 6) is 0.932. The molecule has 0 aliphatic rings. The van der Waals surface area contributed by atoms with Gasteiger partial charge in [-0.1, -0.05) is 24.3 Å². The minimum absolute atomic E-state index is 0.682. The van der Waals surface area contributed by atoms with Gasteiger partial charge in [-0.05, 0) is 44.3 Å². The fourth-order valence-corrected chi connectivity index (χ4v) is 2.81. The number of aliphatic imine (C=N–C) groups is 1. The van der Waals surface area contributed by atoms with Crippen molar-refractivity contribution in [2.24, 2.45) is 12.0 Å². The summed E-state index contributed by atoms with van der Waals surface area (Å²) in [7, 11) is 8.33. The Morgan fingerprint density at radius 2 is 1.84 bits per heavy atom.